The number of Topliss-reactive ketones (excluding diaryl/α,β-unsaturated/α-hetero) is 1. The summed E-state index contributed by atoms with van der Waals surface area (Å²) in [5.41, 5.74) is 1.74. The summed E-state index contributed by atoms with van der Waals surface area (Å²) in [5, 5.41) is 8.82. The number of alkyl halides is 1. The Morgan fingerprint density at radius 3 is 2.31 bits per heavy atom. The first kappa shape index (κ1) is 12.9. The predicted octanol–water partition coefficient (Wildman–Crippen LogP) is 2.67. The highest BCUT2D eigenvalue weighted by Gasteiger charge is 2.03. The minimum atomic E-state index is -0.772. The van der Waals surface area contributed by atoms with Gasteiger partial charge in [-0.2, -0.15) is 0 Å². The van der Waals surface area contributed by atoms with E-state index in [4.69, 9.17) is 5.11 Å². The van der Waals surface area contributed by atoms with Crippen LogP contribution in [0.5, 0.6) is 0 Å². The number of rotatable bonds is 6. The number of hydrogen-bond acceptors (Lipinski definition) is 2. The summed E-state index contributed by atoms with van der Waals surface area (Å²) in [4.78, 5) is 21.6. The molecule has 0 spiro atoms. The van der Waals surface area contributed by atoms with E-state index in [1.165, 1.54) is 0 Å². The molecule has 0 saturated heterocycles. The van der Waals surface area contributed by atoms with Crippen molar-refractivity contribution in [2.24, 2.45) is 0 Å². The van der Waals surface area contributed by atoms with Gasteiger partial charge in [0.15, 0.2) is 5.78 Å². The first-order valence-corrected chi connectivity index (χ1v) is 6.15. The van der Waals surface area contributed by atoms with Crippen molar-refractivity contribution in [3.63, 3.8) is 0 Å². The van der Waals surface area contributed by atoms with Gasteiger partial charge in [-0.25, -0.2) is 0 Å². The second-order valence-corrected chi connectivity index (χ2v) is 4.06. The Hall–Kier alpha value is -1.16. The van der Waals surface area contributed by atoms with Crippen LogP contribution in [-0.4, -0.2) is 22.2 Å². The summed E-state index contributed by atoms with van der Waals surface area (Å²) in [6.07, 6.45) is 1.54. The van der Waals surface area contributed by atoms with Crippen LogP contribution in [-0.2, 0) is 11.2 Å². The highest BCUT2D eigenvalue weighted by Crippen LogP contribution is 2.09. The summed E-state index contributed by atoms with van der Waals surface area (Å²) >= 11 is 3.11. The van der Waals surface area contributed by atoms with Crippen LogP contribution in [0, 0.1) is 0 Å². The average Bonchev–Trinajstić information content (AvgIpc) is 2.28. The van der Waals surface area contributed by atoms with Crippen molar-refractivity contribution in [3.8, 4) is 0 Å². The average molecular weight is 285 g/mol. The number of carbonyl (C=O) groups is 2. The fourth-order valence-corrected chi connectivity index (χ4v) is 1.70. The fourth-order valence-electron chi connectivity index (χ4n) is 1.38. The lowest BCUT2D eigenvalue weighted by Crippen LogP contribution is -2.00. The van der Waals surface area contributed by atoms with Gasteiger partial charge in [-0.3, -0.25) is 9.59 Å². The molecule has 0 heterocycles. The summed E-state index contributed by atoms with van der Waals surface area (Å²) in [5.74, 6) is -0.719. The number of aryl methyl sites for hydroxylation is 1. The SMILES string of the molecule is O=C(O)CCCc1ccc(C(=O)CBr)cc1. The van der Waals surface area contributed by atoms with E-state index >= 15 is 0 Å². The second kappa shape index (κ2) is 6.43. The zero-order valence-electron chi connectivity index (χ0n) is 8.78. The van der Waals surface area contributed by atoms with Gasteiger partial charge in [0.1, 0.15) is 0 Å². The number of carboxylic acid groups (broad SMARTS) is 1. The Labute approximate surface area is 103 Å². The highest BCUT2D eigenvalue weighted by molar-refractivity contribution is 9.09. The Morgan fingerprint density at radius 1 is 1.19 bits per heavy atom. The summed E-state index contributed by atoms with van der Waals surface area (Å²) in [6.45, 7) is 0. The number of benzene rings is 1. The van der Waals surface area contributed by atoms with Crippen LogP contribution in [0.15, 0.2) is 24.3 Å². The van der Waals surface area contributed by atoms with Crippen LogP contribution >= 0.6 is 15.9 Å². The second-order valence-electron chi connectivity index (χ2n) is 3.50. The topological polar surface area (TPSA) is 54.4 Å². The van der Waals surface area contributed by atoms with Crippen molar-refractivity contribution < 1.29 is 14.7 Å². The Balaban J connectivity index is 2.51. The molecule has 0 amide bonds. The van der Waals surface area contributed by atoms with Gasteiger partial charge in [-0.05, 0) is 18.4 Å². The van der Waals surface area contributed by atoms with Gasteiger partial charge < -0.3 is 5.11 Å². The van der Waals surface area contributed by atoms with Crippen molar-refractivity contribution in [2.75, 3.05) is 5.33 Å². The number of hydrogen-bond donors (Lipinski definition) is 1. The van der Waals surface area contributed by atoms with Gasteiger partial charge >= 0.3 is 5.97 Å². The van der Waals surface area contributed by atoms with E-state index in [0.717, 1.165) is 12.0 Å². The molecule has 0 radical (unpaired) electrons. The molecule has 4 heteroatoms. The third kappa shape index (κ3) is 4.14. The molecule has 1 aromatic rings. The number of halogens is 1. The maximum Gasteiger partial charge on any atom is 0.303 e. The molecule has 0 aliphatic rings. The lowest BCUT2D eigenvalue weighted by atomic mass is 10.0. The zero-order valence-corrected chi connectivity index (χ0v) is 10.4. The lowest BCUT2D eigenvalue weighted by Gasteiger charge is -2.01. The largest absolute Gasteiger partial charge is 0.481 e. The molecule has 3 nitrogen and oxygen atoms in total. The smallest absolute Gasteiger partial charge is 0.303 e. The number of carboxylic acids is 1. The van der Waals surface area contributed by atoms with E-state index in [-0.39, 0.29) is 12.2 Å². The minimum Gasteiger partial charge on any atom is -0.481 e. The van der Waals surface area contributed by atoms with E-state index < -0.39 is 5.97 Å². The predicted molar refractivity (Wildman–Crippen MR) is 65.1 cm³/mol. The first-order chi connectivity index (χ1) is 7.63. The summed E-state index contributed by atoms with van der Waals surface area (Å²) in [6, 6.07) is 7.30. The van der Waals surface area contributed by atoms with Gasteiger partial charge in [-0.15, -0.1) is 0 Å². The number of ketones is 1. The quantitative estimate of drug-likeness (QED) is 0.645. The zero-order chi connectivity index (χ0) is 12.0. The van der Waals surface area contributed by atoms with Crippen LogP contribution in [0.4, 0.5) is 0 Å². The molecule has 16 heavy (non-hydrogen) atoms. The van der Waals surface area contributed by atoms with Gasteiger partial charge in [-0.1, -0.05) is 40.2 Å². The third-order valence-electron chi connectivity index (χ3n) is 2.25. The van der Waals surface area contributed by atoms with Crippen molar-refractivity contribution in [2.45, 2.75) is 19.3 Å². The molecule has 0 saturated carbocycles. The maximum atomic E-state index is 11.3. The van der Waals surface area contributed by atoms with Crippen LogP contribution in [0.2, 0.25) is 0 Å². The standard InChI is InChI=1S/C12H13BrO3/c13-8-11(14)10-6-4-9(5-7-10)2-1-3-12(15)16/h4-7H,1-3,8H2,(H,15,16). The Bertz CT molecular complexity index is 370. The molecule has 0 fully saturated rings. The molecule has 1 rings (SSSR count). The summed E-state index contributed by atoms with van der Waals surface area (Å²) < 4.78 is 0. The Kier molecular flexibility index (Phi) is 5.19. The number of aliphatic carboxylic acids is 1. The van der Waals surface area contributed by atoms with Crippen LogP contribution in [0.3, 0.4) is 0 Å². The van der Waals surface area contributed by atoms with Crippen LogP contribution in [0.25, 0.3) is 0 Å². The molecule has 0 aromatic heterocycles. The minimum absolute atomic E-state index is 0.0529. The van der Waals surface area contributed by atoms with Gasteiger partial charge in [0.05, 0.1) is 5.33 Å². The first-order valence-electron chi connectivity index (χ1n) is 5.03. The fraction of sp³-hybridized carbons (Fsp3) is 0.333. The van der Waals surface area contributed by atoms with E-state index in [1.807, 2.05) is 12.1 Å². The van der Waals surface area contributed by atoms with E-state index in [9.17, 15) is 9.59 Å². The van der Waals surface area contributed by atoms with Gasteiger partial charge in [0.2, 0.25) is 0 Å². The maximum absolute atomic E-state index is 11.3. The molecule has 0 atom stereocenters. The number of carbonyl (C=O) groups excluding carboxylic acids is 1. The van der Waals surface area contributed by atoms with Crippen molar-refractivity contribution in [3.05, 3.63) is 35.4 Å². The van der Waals surface area contributed by atoms with Crippen LogP contribution in [0.1, 0.15) is 28.8 Å². The highest BCUT2D eigenvalue weighted by atomic mass is 79.9. The third-order valence-corrected chi connectivity index (χ3v) is 2.76. The van der Waals surface area contributed by atoms with E-state index in [0.29, 0.717) is 17.3 Å². The molecule has 0 aliphatic heterocycles. The van der Waals surface area contributed by atoms with Crippen molar-refractivity contribution in [1.29, 1.82) is 0 Å². The van der Waals surface area contributed by atoms with Gasteiger partial charge in [0, 0.05) is 12.0 Å². The monoisotopic (exact) mass is 284 g/mol. The molecule has 0 unspecified atom stereocenters. The molecular weight excluding hydrogens is 272 g/mol. The molecule has 1 aromatic carbocycles. The lowest BCUT2D eigenvalue weighted by molar-refractivity contribution is -0.137. The van der Waals surface area contributed by atoms with Crippen LogP contribution < -0.4 is 0 Å². The van der Waals surface area contributed by atoms with Crippen molar-refractivity contribution in [1.82, 2.24) is 0 Å². The molecule has 0 aliphatic carbocycles. The van der Waals surface area contributed by atoms with E-state index in [2.05, 4.69) is 15.9 Å². The normalized spacial score (nSPS) is 10.1. The Morgan fingerprint density at radius 2 is 1.81 bits per heavy atom. The molecular formula is C12H13BrO3. The van der Waals surface area contributed by atoms with Gasteiger partial charge in [0.25, 0.3) is 0 Å². The van der Waals surface area contributed by atoms with E-state index in [1.54, 1.807) is 12.1 Å². The van der Waals surface area contributed by atoms with Crippen molar-refractivity contribution >= 4 is 27.7 Å². The molecule has 86 valence electrons. The summed E-state index contributed by atoms with van der Waals surface area (Å²) in [7, 11) is 0. The molecule has 1 N–H and O–H groups in total. The molecule has 0 bridgehead atoms.